The highest BCUT2D eigenvalue weighted by Crippen LogP contribution is 2.36. The van der Waals surface area contributed by atoms with Crippen LogP contribution in [0.5, 0.6) is 5.75 Å². The molecule has 0 radical (unpaired) electrons. The number of carbonyl (C=O) groups is 1. The van der Waals surface area contributed by atoms with Crippen LogP contribution in [-0.2, 0) is 20.8 Å². The molecule has 0 aliphatic carbocycles. The summed E-state index contributed by atoms with van der Waals surface area (Å²) >= 11 is 0. The first-order chi connectivity index (χ1) is 14.1. The van der Waals surface area contributed by atoms with Crippen molar-refractivity contribution < 1.29 is 19.0 Å². The lowest BCUT2D eigenvalue weighted by molar-refractivity contribution is -0.160. The Balaban J connectivity index is 1.76. The van der Waals surface area contributed by atoms with Crippen LogP contribution >= 0.6 is 0 Å². The number of rotatable bonds is 9. The number of aromatic amines is 1. The minimum atomic E-state index is -0.506. The summed E-state index contributed by atoms with van der Waals surface area (Å²) in [5, 5.41) is 7.38. The molecule has 158 valence electrons. The van der Waals surface area contributed by atoms with Gasteiger partial charge in [-0.1, -0.05) is 0 Å². The molecular weight excluding hydrogens is 370 g/mol. The molecule has 7 heteroatoms. The molecule has 0 amide bonds. The van der Waals surface area contributed by atoms with Crippen molar-refractivity contribution >= 4 is 5.97 Å². The van der Waals surface area contributed by atoms with E-state index in [1.807, 2.05) is 37.4 Å². The number of methoxy groups -OCH3 is 2. The molecule has 0 saturated carbocycles. The van der Waals surface area contributed by atoms with Gasteiger partial charge in [0, 0.05) is 37.9 Å². The Labute approximate surface area is 172 Å². The number of carbonyl (C=O) groups excluding carboxylic acids is 1. The van der Waals surface area contributed by atoms with Crippen molar-refractivity contribution in [2.24, 2.45) is 5.41 Å². The number of esters is 1. The third-order valence-electron chi connectivity index (χ3n) is 5.64. The van der Waals surface area contributed by atoms with E-state index >= 15 is 0 Å². The van der Waals surface area contributed by atoms with Gasteiger partial charge in [0.15, 0.2) is 0 Å². The summed E-state index contributed by atoms with van der Waals surface area (Å²) in [4.78, 5) is 15.1. The zero-order valence-corrected chi connectivity index (χ0v) is 17.6. The monoisotopic (exact) mass is 401 g/mol. The van der Waals surface area contributed by atoms with Crippen molar-refractivity contribution in [2.45, 2.75) is 32.7 Å². The number of likely N-dealkylation sites (tertiary alicyclic amines) is 1. The minimum absolute atomic E-state index is 0.107. The highest BCUT2D eigenvalue weighted by molar-refractivity contribution is 5.77. The number of H-pyrrole nitrogens is 1. The summed E-state index contributed by atoms with van der Waals surface area (Å²) < 4.78 is 16.0. The van der Waals surface area contributed by atoms with Gasteiger partial charge in [0.25, 0.3) is 0 Å². The molecular formula is C22H31N3O4. The number of hydrogen-bond donors (Lipinski definition) is 1. The SMILES string of the molecule is CCOC(=O)C1(CCOC)CCCN(Cc2cn[nH]c2-c2ccc(OC)cc2)C1. The third-order valence-corrected chi connectivity index (χ3v) is 5.64. The quantitative estimate of drug-likeness (QED) is 0.650. The molecule has 0 bridgehead atoms. The van der Waals surface area contributed by atoms with Crippen LogP contribution in [0.2, 0.25) is 0 Å². The Morgan fingerprint density at radius 1 is 1.28 bits per heavy atom. The highest BCUT2D eigenvalue weighted by Gasteiger charge is 2.43. The molecule has 0 spiro atoms. The standard InChI is InChI=1S/C22H31N3O4/c1-4-29-21(26)22(11-13-27-2)10-5-12-25(16-22)15-18-14-23-24-20(18)17-6-8-19(28-3)9-7-17/h6-9,14H,4-5,10-13,15-16H2,1-3H3,(H,23,24). The van der Waals surface area contributed by atoms with Crippen LogP contribution in [-0.4, -0.2) is 61.6 Å². The van der Waals surface area contributed by atoms with E-state index in [4.69, 9.17) is 14.2 Å². The molecule has 1 atom stereocenters. The maximum atomic E-state index is 12.8. The van der Waals surface area contributed by atoms with Gasteiger partial charge in [-0.3, -0.25) is 14.8 Å². The molecule has 1 aromatic carbocycles. The molecule has 29 heavy (non-hydrogen) atoms. The lowest BCUT2D eigenvalue weighted by Gasteiger charge is -2.41. The largest absolute Gasteiger partial charge is 0.497 e. The van der Waals surface area contributed by atoms with Gasteiger partial charge >= 0.3 is 5.97 Å². The average Bonchev–Trinajstić information content (AvgIpc) is 3.20. The lowest BCUT2D eigenvalue weighted by atomic mass is 9.77. The number of piperidine rings is 1. The first-order valence-electron chi connectivity index (χ1n) is 10.2. The van der Waals surface area contributed by atoms with E-state index in [-0.39, 0.29) is 5.97 Å². The Morgan fingerprint density at radius 2 is 2.07 bits per heavy atom. The van der Waals surface area contributed by atoms with Crippen molar-refractivity contribution in [3.8, 4) is 17.0 Å². The first kappa shape index (κ1) is 21.3. The molecule has 1 aliphatic heterocycles. The number of benzene rings is 1. The molecule has 3 rings (SSSR count). The Kier molecular flexibility index (Phi) is 7.28. The summed E-state index contributed by atoms with van der Waals surface area (Å²) in [6.45, 7) is 5.15. The van der Waals surface area contributed by atoms with Crippen LogP contribution in [0.1, 0.15) is 31.7 Å². The molecule has 1 fully saturated rings. The third kappa shape index (κ3) is 4.97. The topological polar surface area (TPSA) is 76.7 Å². The Bertz CT molecular complexity index is 790. The summed E-state index contributed by atoms with van der Waals surface area (Å²) in [6, 6.07) is 7.93. The fourth-order valence-corrected chi connectivity index (χ4v) is 4.10. The minimum Gasteiger partial charge on any atom is -0.497 e. The van der Waals surface area contributed by atoms with Crippen molar-refractivity contribution in [3.63, 3.8) is 0 Å². The Morgan fingerprint density at radius 3 is 2.76 bits per heavy atom. The summed E-state index contributed by atoms with van der Waals surface area (Å²) in [5.74, 6) is 0.715. The zero-order valence-electron chi connectivity index (χ0n) is 17.6. The van der Waals surface area contributed by atoms with E-state index in [0.717, 1.165) is 48.5 Å². The number of hydrogen-bond acceptors (Lipinski definition) is 6. The maximum Gasteiger partial charge on any atom is 0.313 e. The second-order valence-corrected chi connectivity index (χ2v) is 7.56. The van der Waals surface area contributed by atoms with E-state index in [2.05, 4.69) is 15.1 Å². The summed E-state index contributed by atoms with van der Waals surface area (Å²) in [5.41, 5.74) is 2.67. The fraction of sp³-hybridized carbons (Fsp3) is 0.545. The maximum absolute atomic E-state index is 12.8. The second kappa shape index (κ2) is 9.89. The van der Waals surface area contributed by atoms with Crippen LogP contribution in [0, 0.1) is 5.41 Å². The number of ether oxygens (including phenoxy) is 3. The van der Waals surface area contributed by atoms with Crippen LogP contribution in [0.25, 0.3) is 11.3 Å². The van der Waals surface area contributed by atoms with Crippen LogP contribution in [0.15, 0.2) is 30.5 Å². The van der Waals surface area contributed by atoms with Gasteiger partial charge in [0.2, 0.25) is 0 Å². The molecule has 1 unspecified atom stereocenters. The molecule has 1 N–H and O–H groups in total. The van der Waals surface area contributed by atoms with Gasteiger partial charge in [-0.15, -0.1) is 0 Å². The smallest absolute Gasteiger partial charge is 0.313 e. The predicted molar refractivity (Wildman–Crippen MR) is 111 cm³/mol. The van der Waals surface area contributed by atoms with Gasteiger partial charge in [-0.25, -0.2) is 0 Å². The normalized spacial score (nSPS) is 19.8. The first-order valence-corrected chi connectivity index (χ1v) is 10.2. The molecule has 1 saturated heterocycles. The molecule has 1 aliphatic rings. The van der Waals surface area contributed by atoms with E-state index in [1.54, 1.807) is 14.2 Å². The van der Waals surface area contributed by atoms with E-state index in [9.17, 15) is 4.79 Å². The van der Waals surface area contributed by atoms with Crippen LogP contribution in [0.3, 0.4) is 0 Å². The van der Waals surface area contributed by atoms with Gasteiger partial charge in [0.05, 0.1) is 31.0 Å². The van der Waals surface area contributed by atoms with Gasteiger partial charge in [0.1, 0.15) is 5.75 Å². The van der Waals surface area contributed by atoms with Crippen LogP contribution < -0.4 is 4.74 Å². The van der Waals surface area contributed by atoms with E-state index in [0.29, 0.717) is 26.2 Å². The van der Waals surface area contributed by atoms with Gasteiger partial charge < -0.3 is 14.2 Å². The van der Waals surface area contributed by atoms with Crippen LogP contribution in [0.4, 0.5) is 0 Å². The van der Waals surface area contributed by atoms with E-state index < -0.39 is 5.41 Å². The van der Waals surface area contributed by atoms with Crippen molar-refractivity contribution in [2.75, 3.05) is 40.5 Å². The zero-order chi connectivity index (χ0) is 20.7. The number of nitrogens with one attached hydrogen (secondary N) is 1. The fourth-order valence-electron chi connectivity index (χ4n) is 4.10. The second-order valence-electron chi connectivity index (χ2n) is 7.56. The lowest BCUT2D eigenvalue weighted by Crippen LogP contribution is -2.48. The Hall–Kier alpha value is -2.38. The van der Waals surface area contributed by atoms with Crippen molar-refractivity contribution in [1.29, 1.82) is 0 Å². The van der Waals surface area contributed by atoms with Crippen molar-refractivity contribution in [1.82, 2.24) is 15.1 Å². The molecule has 7 nitrogen and oxygen atoms in total. The molecule has 2 aromatic rings. The number of aromatic nitrogens is 2. The van der Waals surface area contributed by atoms with E-state index in [1.165, 1.54) is 0 Å². The highest BCUT2D eigenvalue weighted by atomic mass is 16.5. The molecule has 1 aromatic heterocycles. The van der Waals surface area contributed by atoms with Crippen molar-refractivity contribution in [3.05, 3.63) is 36.0 Å². The van der Waals surface area contributed by atoms with Gasteiger partial charge in [-0.2, -0.15) is 5.10 Å². The predicted octanol–water partition coefficient (Wildman–Crippen LogP) is 3.27. The summed E-state index contributed by atoms with van der Waals surface area (Å²) in [6.07, 6.45) is 4.34. The number of nitrogens with zero attached hydrogens (tertiary/aromatic N) is 2. The molecule has 2 heterocycles. The summed E-state index contributed by atoms with van der Waals surface area (Å²) in [7, 11) is 3.33. The van der Waals surface area contributed by atoms with Gasteiger partial charge in [-0.05, 0) is 57.0 Å². The average molecular weight is 402 g/mol.